The monoisotopic (exact) mass is 278 g/mol. The van der Waals surface area contributed by atoms with E-state index in [1.807, 2.05) is 40.7 Å². The number of carbonyl (C=O) groups excluding carboxylic acids is 2. The van der Waals surface area contributed by atoms with Gasteiger partial charge in [-0.1, -0.05) is 32.4 Å². The Labute approximate surface area is 121 Å². The fourth-order valence-corrected chi connectivity index (χ4v) is 2.83. The van der Waals surface area contributed by atoms with Crippen molar-refractivity contribution >= 4 is 11.8 Å². The predicted molar refractivity (Wildman–Crippen MR) is 79.0 cm³/mol. The molecule has 2 unspecified atom stereocenters. The first-order chi connectivity index (χ1) is 9.21. The summed E-state index contributed by atoms with van der Waals surface area (Å²) in [5.41, 5.74) is 0.906. The van der Waals surface area contributed by atoms with E-state index in [1.54, 1.807) is 4.90 Å². The third kappa shape index (κ3) is 3.05. The third-order valence-electron chi connectivity index (χ3n) is 4.02. The van der Waals surface area contributed by atoms with Crippen molar-refractivity contribution in [2.24, 2.45) is 11.3 Å². The van der Waals surface area contributed by atoms with Crippen molar-refractivity contribution in [3.05, 3.63) is 11.6 Å². The van der Waals surface area contributed by atoms with Gasteiger partial charge in [-0.2, -0.15) is 0 Å². The van der Waals surface area contributed by atoms with E-state index >= 15 is 0 Å². The molecule has 2 fully saturated rings. The molecule has 2 aliphatic rings. The molecule has 1 aliphatic carbocycles. The molecule has 112 valence electrons. The van der Waals surface area contributed by atoms with Crippen LogP contribution in [0.15, 0.2) is 11.6 Å². The number of amides is 2. The van der Waals surface area contributed by atoms with Gasteiger partial charge in [0.25, 0.3) is 0 Å². The van der Waals surface area contributed by atoms with Gasteiger partial charge >= 0.3 is 0 Å². The Hall–Kier alpha value is -1.32. The zero-order valence-corrected chi connectivity index (χ0v) is 13.2. The summed E-state index contributed by atoms with van der Waals surface area (Å²) >= 11 is 0. The van der Waals surface area contributed by atoms with Crippen LogP contribution in [0.2, 0.25) is 0 Å². The molecule has 0 radical (unpaired) electrons. The summed E-state index contributed by atoms with van der Waals surface area (Å²) in [5, 5.41) is 2.95. The molecular formula is C16H26N2O2. The van der Waals surface area contributed by atoms with Crippen molar-refractivity contribution in [2.45, 2.75) is 59.5 Å². The highest BCUT2D eigenvalue weighted by atomic mass is 16.2. The number of hydrogen-bond donors (Lipinski definition) is 1. The fourth-order valence-electron chi connectivity index (χ4n) is 2.83. The second kappa shape index (κ2) is 5.23. The molecule has 0 spiro atoms. The largest absolute Gasteiger partial charge is 0.342 e. The smallest absolute Gasteiger partial charge is 0.246 e. The molecule has 2 amide bonds. The van der Waals surface area contributed by atoms with Crippen LogP contribution < -0.4 is 5.32 Å². The Morgan fingerprint density at radius 1 is 1.30 bits per heavy atom. The Balaban J connectivity index is 2.27. The Morgan fingerprint density at radius 2 is 1.90 bits per heavy atom. The number of hydrogen-bond acceptors (Lipinski definition) is 2. The van der Waals surface area contributed by atoms with Crippen LogP contribution in [0.4, 0.5) is 0 Å². The highest BCUT2D eigenvalue weighted by Crippen LogP contribution is 2.37. The number of piperazine rings is 1. The number of nitrogens with zero attached hydrogens (tertiary/aromatic N) is 1. The van der Waals surface area contributed by atoms with Crippen LogP contribution in [0.5, 0.6) is 0 Å². The lowest BCUT2D eigenvalue weighted by Crippen LogP contribution is -2.67. The van der Waals surface area contributed by atoms with Crippen LogP contribution in [0.3, 0.4) is 0 Å². The van der Waals surface area contributed by atoms with Crippen LogP contribution in [0, 0.1) is 11.3 Å². The lowest BCUT2D eigenvalue weighted by Gasteiger charge is -2.44. The normalized spacial score (nSPS) is 27.4. The van der Waals surface area contributed by atoms with Gasteiger partial charge in [0, 0.05) is 6.54 Å². The van der Waals surface area contributed by atoms with Crippen LogP contribution in [-0.4, -0.2) is 35.3 Å². The van der Waals surface area contributed by atoms with Gasteiger partial charge in [0.2, 0.25) is 11.8 Å². The summed E-state index contributed by atoms with van der Waals surface area (Å²) in [6.45, 7) is 10.6. The molecule has 2 atom stereocenters. The number of rotatable bonds is 3. The zero-order chi connectivity index (χ0) is 15.1. The Morgan fingerprint density at radius 3 is 2.35 bits per heavy atom. The standard InChI is InChI=1S/C16H26N2O2/c1-10(2)8-9-18-13(16(3,4)5)14(19)17-12(15(18)20)11-6-7-11/h8,11-13H,6-7,9H2,1-5H3,(H,17,19). The molecule has 0 aromatic heterocycles. The second-order valence-electron chi connectivity index (χ2n) is 7.36. The third-order valence-corrected chi connectivity index (χ3v) is 4.02. The van der Waals surface area contributed by atoms with Gasteiger partial charge in [0.05, 0.1) is 0 Å². The van der Waals surface area contributed by atoms with E-state index in [0.717, 1.165) is 12.8 Å². The van der Waals surface area contributed by atoms with Crippen LogP contribution in [-0.2, 0) is 9.59 Å². The van der Waals surface area contributed by atoms with E-state index in [-0.39, 0.29) is 29.3 Å². The van der Waals surface area contributed by atoms with E-state index < -0.39 is 0 Å². The average molecular weight is 278 g/mol. The molecule has 1 N–H and O–H groups in total. The van der Waals surface area contributed by atoms with E-state index in [4.69, 9.17) is 0 Å². The second-order valence-corrected chi connectivity index (χ2v) is 7.36. The molecule has 20 heavy (non-hydrogen) atoms. The first-order valence-electron chi connectivity index (χ1n) is 7.46. The summed E-state index contributed by atoms with van der Waals surface area (Å²) in [6.07, 6.45) is 4.12. The maximum Gasteiger partial charge on any atom is 0.246 e. The zero-order valence-electron chi connectivity index (χ0n) is 13.2. The highest BCUT2D eigenvalue weighted by molar-refractivity contribution is 5.97. The molecule has 0 aromatic carbocycles. The van der Waals surface area contributed by atoms with Crippen LogP contribution >= 0.6 is 0 Å². The van der Waals surface area contributed by atoms with Gasteiger partial charge in [0.1, 0.15) is 12.1 Å². The van der Waals surface area contributed by atoms with Gasteiger partial charge in [-0.15, -0.1) is 0 Å². The maximum absolute atomic E-state index is 12.7. The first kappa shape index (κ1) is 15.1. The summed E-state index contributed by atoms with van der Waals surface area (Å²) in [7, 11) is 0. The molecule has 1 saturated carbocycles. The Kier molecular flexibility index (Phi) is 3.94. The van der Waals surface area contributed by atoms with Gasteiger partial charge in [0.15, 0.2) is 0 Å². The molecular weight excluding hydrogens is 252 g/mol. The molecule has 0 bridgehead atoms. The van der Waals surface area contributed by atoms with Crippen molar-refractivity contribution in [1.82, 2.24) is 10.2 Å². The lowest BCUT2D eigenvalue weighted by molar-refractivity contribution is -0.153. The van der Waals surface area contributed by atoms with Gasteiger partial charge in [-0.05, 0) is 38.0 Å². The number of nitrogens with one attached hydrogen (secondary N) is 1. The van der Waals surface area contributed by atoms with Crippen LogP contribution in [0.25, 0.3) is 0 Å². The van der Waals surface area contributed by atoms with Gasteiger partial charge < -0.3 is 10.2 Å². The van der Waals surface area contributed by atoms with Crippen molar-refractivity contribution in [2.75, 3.05) is 6.54 Å². The van der Waals surface area contributed by atoms with E-state index in [2.05, 4.69) is 5.32 Å². The van der Waals surface area contributed by atoms with Crippen molar-refractivity contribution in [3.8, 4) is 0 Å². The number of carbonyl (C=O) groups is 2. The van der Waals surface area contributed by atoms with E-state index in [9.17, 15) is 9.59 Å². The molecule has 1 saturated heterocycles. The summed E-state index contributed by atoms with van der Waals surface area (Å²) in [4.78, 5) is 26.9. The van der Waals surface area contributed by atoms with Gasteiger partial charge in [-0.3, -0.25) is 9.59 Å². The van der Waals surface area contributed by atoms with Crippen molar-refractivity contribution in [3.63, 3.8) is 0 Å². The summed E-state index contributed by atoms with van der Waals surface area (Å²) in [5.74, 6) is 0.433. The summed E-state index contributed by atoms with van der Waals surface area (Å²) in [6, 6.07) is -0.688. The minimum Gasteiger partial charge on any atom is -0.342 e. The van der Waals surface area contributed by atoms with E-state index in [0.29, 0.717) is 12.5 Å². The first-order valence-corrected chi connectivity index (χ1v) is 7.46. The number of allylic oxidation sites excluding steroid dienone is 1. The lowest BCUT2D eigenvalue weighted by atomic mass is 9.82. The topological polar surface area (TPSA) is 49.4 Å². The minimum absolute atomic E-state index is 0.00356. The maximum atomic E-state index is 12.7. The van der Waals surface area contributed by atoms with Crippen molar-refractivity contribution in [1.29, 1.82) is 0 Å². The molecule has 2 rings (SSSR count). The average Bonchev–Trinajstić information content (AvgIpc) is 3.11. The molecule has 4 heteroatoms. The predicted octanol–water partition coefficient (Wildman–Crippen LogP) is 2.10. The van der Waals surface area contributed by atoms with Crippen LogP contribution in [0.1, 0.15) is 47.5 Å². The van der Waals surface area contributed by atoms with E-state index in [1.165, 1.54) is 5.57 Å². The minimum atomic E-state index is -0.388. The Bertz CT molecular complexity index is 440. The summed E-state index contributed by atoms with van der Waals surface area (Å²) < 4.78 is 0. The molecule has 4 nitrogen and oxygen atoms in total. The highest BCUT2D eigenvalue weighted by Gasteiger charge is 2.49. The fraction of sp³-hybridized carbons (Fsp3) is 0.750. The molecule has 1 heterocycles. The van der Waals surface area contributed by atoms with Crippen molar-refractivity contribution < 1.29 is 9.59 Å². The quantitative estimate of drug-likeness (QED) is 0.804. The van der Waals surface area contributed by atoms with Gasteiger partial charge in [-0.25, -0.2) is 0 Å². The molecule has 0 aromatic rings. The SMILES string of the molecule is CC(C)=CCN1C(=O)C(C2CC2)NC(=O)C1C(C)(C)C. The molecule has 1 aliphatic heterocycles.